The van der Waals surface area contributed by atoms with Crippen LogP contribution in [0.4, 0.5) is 11.8 Å². The number of rotatable bonds is 7. The molecule has 140 valence electrons. The van der Waals surface area contributed by atoms with E-state index in [-0.39, 0.29) is 0 Å². The molecule has 6 heteroatoms. The predicted octanol–water partition coefficient (Wildman–Crippen LogP) is 3.52. The molecule has 3 rings (SSSR count). The number of aromatic nitrogens is 2. The van der Waals surface area contributed by atoms with E-state index in [4.69, 9.17) is 14.5 Å². The average molecular weight is 356 g/mol. The second-order valence-electron chi connectivity index (χ2n) is 6.84. The number of hydrogen-bond acceptors (Lipinski definition) is 6. The number of piperidine rings is 1. The molecule has 6 nitrogen and oxygen atoms in total. The average Bonchev–Trinajstić information content (AvgIpc) is 2.65. The second-order valence-corrected chi connectivity index (χ2v) is 6.84. The van der Waals surface area contributed by atoms with E-state index in [1.165, 1.54) is 12.8 Å². The molecule has 1 aromatic heterocycles. The van der Waals surface area contributed by atoms with Crippen molar-refractivity contribution in [2.45, 2.75) is 26.7 Å². The van der Waals surface area contributed by atoms with Gasteiger partial charge in [0.05, 0.1) is 13.7 Å². The fourth-order valence-corrected chi connectivity index (χ4v) is 3.18. The van der Waals surface area contributed by atoms with Gasteiger partial charge >= 0.3 is 0 Å². The van der Waals surface area contributed by atoms with Crippen molar-refractivity contribution >= 4 is 11.8 Å². The van der Waals surface area contributed by atoms with Crippen molar-refractivity contribution in [1.29, 1.82) is 0 Å². The van der Waals surface area contributed by atoms with Crippen LogP contribution in [0, 0.1) is 12.8 Å². The van der Waals surface area contributed by atoms with E-state index in [0.29, 0.717) is 19.1 Å². The van der Waals surface area contributed by atoms with Crippen LogP contribution >= 0.6 is 0 Å². The second kappa shape index (κ2) is 8.74. The lowest BCUT2D eigenvalue weighted by molar-refractivity contribution is 0.331. The van der Waals surface area contributed by atoms with Crippen LogP contribution in [-0.4, -0.2) is 43.3 Å². The molecule has 1 aliphatic rings. The van der Waals surface area contributed by atoms with E-state index in [9.17, 15) is 0 Å². The Hall–Kier alpha value is -2.50. The van der Waals surface area contributed by atoms with E-state index in [1.54, 1.807) is 7.11 Å². The summed E-state index contributed by atoms with van der Waals surface area (Å²) in [7, 11) is 1.66. The Labute approximate surface area is 155 Å². The van der Waals surface area contributed by atoms with Crippen molar-refractivity contribution in [3.8, 4) is 11.5 Å². The van der Waals surface area contributed by atoms with E-state index in [2.05, 4.69) is 22.1 Å². The van der Waals surface area contributed by atoms with Crippen LogP contribution in [0.15, 0.2) is 30.3 Å². The van der Waals surface area contributed by atoms with Crippen molar-refractivity contribution in [3.05, 3.63) is 36.0 Å². The topological polar surface area (TPSA) is 59.5 Å². The fourth-order valence-electron chi connectivity index (χ4n) is 3.18. The number of nitrogens with one attached hydrogen (secondary N) is 1. The Morgan fingerprint density at radius 3 is 2.69 bits per heavy atom. The predicted molar refractivity (Wildman–Crippen MR) is 104 cm³/mol. The highest BCUT2D eigenvalue weighted by molar-refractivity contribution is 5.44. The molecule has 0 bridgehead atoms. The summed E-state index contributed by atoms with van der Waals surface area (Å²) in [5.74, 6) is 4.03. The van der Waals surface area contributed by atoms with E-state index >= 15 is 0 Å². The maximum Gasteiger partial charge on any atom is 0.227 e. The van der Waals surface area contributed by atoms with Crippen LogP contribution in [0.2, 0.25) is 0 Å². The van der Waals surface area contributed by atoms with Gasteiger partial charge in [0.15, 0.2) is 0 Å². The first kappa shape index (κ1) is 18.3. The monoisotopic (exact) mass is 356 g/mol. The van der Waals surface area contributed by atoms with Crippen LogP contribution in [-0.2, 0) is 0 Å². The molecule has 0 aliphatic carbocycles. The summed E-state index contributed by atoms with van der Waals surface area (Å²) in [5.41, 5.74) is 0.979. The summed E-state index contributed by atoms with van der Waals surface area (Å²) < 4.78 is 10.9. The van der Waals surface area contributed by atoms with Crippen molar-refractivity contribution in [3.63, 3.8) is 0 Å². The van der Waals surface area contributed by atoms with Crippen molar-refractivity contribution < 1.29 is 9.47 Å². The van der Waals surface area contributed by atoms with Gasteiger partial charge in [0.2, 0.25) is 5.95 Å². The van der Waals surface area contributed by atoms with Gasteiger partial charge in [-0.1, -0.05) is 6.92 Å². The van der Waals surface area contributed by atoms with Gasteiger partial charge in [-0.05, 0) is 49.9 Å². The van der Waals surface area contributed by atoms with Gasteiger partial charge in [0.25, 0.3) is 0 Å². The van der Waals surface area contributed by atoms with Gasteiger partial charge in [0.1, 0.15) is 23.9 Å². The standard InChI is InChI=1S/C20H28N4O2/c1-15-5-4-11-24(14-15)20-22-16(2)13-19(23-20)21-10-12-26-18-8-6-17(25-3)7-9-18/h6-9,13,15H,4-5,10-12,14H2,1-3H3,(H,21,22,23). The van der Waals surface area contributed by atoms with Crippen LogP contribution < -0.4 is 19.7 Å². The third-order valence-electron chi connectivity index (χ3n) is 4.52. The van der Waals surface area contributed by atoms with E-state index < -0.39 is 0 Å². The fraction of sp³-hybridized carbons (Fsp3) is 0.500. The highest BCUT2D eigenvalue weighted by atomic mass is 16.5. The molecule has 1 fully saturated rings. The lowest BCUT2D eigenvalue weighted by Gasteiger charge is -2.31. The molecule has 0 amide bonds. The molecule has 1 aromatic carbocycles. The van der Waals surface area contributed by atoms with Gasteiger partial charge in [-0.2, -0.15) is 4.98 Å². The highest BCUT2D eigenvalue weighted by Gasteiger charge is 2.19. The van der Waals surface area contributed by atoms with Crippen molar-refractivity contribution in [1.82, 2.24) is 9.97 Å². The van der Waals surface area contributed by atoms with Crippen LogP contribution in [0.3, 0.4) is 0 Å². The Balaban J connectivity index is 1.52. The maximum atomic E-state index is 5.75. The number of benzene rings is 1. The maximum absolute atomic E-state index is 5.75. The molecule has 1 atom stereocenters. The van der Waals surface area contributed by atoms with Gasteiger partial charge in [-0.3, -0.25) is 0 Å². The minimum atomic E-state index is 0.561. The Morgan fingerprint density at radius 2 is 1.96 bits per heavy atom. The Morgan fingerprint density at radius 1 is 1.19 bits per heavy atom. The molecular formula is C20H28N4O2. The van der Waals surface area contributed by atoms with Crippen LogP contribution in [0.5, 0.6) is 11.5 Å². The largest absolute Gasteiger partial charge is 0.497 e. The van der Waals surface area contributed by atoms with Gasteiger partial charge in [-0.25, -0.2) is 4.98 Å². The number of nitrogens with zero attached hydrogens (tertiary/aromatic N) is 3. The molecular weight excluding hydrogens is 328 g/mol. The quantitative estimate of drug-likeness (QED) is 0.766. The van der Waals surface area contributed by atoms with E-state index in [0.717, 1.165) is 42.0 Å². The summed E-state index contributed by atoms with van der Waals surface area (Å²) in [5, 5.41) is 3.34. The lowest BCUT2D eigenvalue weighted by atomic mass is 10.0. The molecule has 0 radical (unpaired) electrons. The third kappa shape index (κ3) is 5.00. The molecule has 1 N–H and O–H groups in total. The number of anilines is 2. The first-order chi connectivity index (χ1) is 12.6. The molecule has 0 spiro atoms. The molecule has 1 aliphatic heterocycles. The molecule has 26 heavy (non-hydrogen) atoms. The van der Waals surface area contributed by atoms with Crippen LogP contribution in [0.25, 0.3) is 0 Å². The summed E-state index contributed by atoms with van der Waals surface area (Å²) in [6.07, 6.45) is 2.49. The van der Waals surface area contributed by atoms with Crippen molar-refractivity contribution in [2.75, 3.05) is 43.6 Å². The summed E-state index contributed by atoms with van der Waals surface area (Å²) in [6.45, 7) is 7.61. The highest BCUT2D eigenvalue weighted by Crippen LogP contribution is 2.21. The summed E-state index contributed by atoms with van der Waals surface area (Å²) in [4.78, 5) is 11.6. The molecule has 1 saturated heterocycles. The zero-order chi connectivity index (χ0) is 18.4. The molecule has 2 aromatic rings. The van der Waals surface area contributed by atoms with Gasteiger partial charge in [0, 0.05) is 24.8 Å². The number of ether oxygens (including phenoxy) is 2. The molecule has 1 unspecified atom stereocenters. The molecule has 2 heterocycles. The zero-order valence-corrected chi connectivity index (χ0v) is 15.9. The normalized spacial score (nSPS) is 17.0. The first-order valence-corrected chi connectivity index (χ1v) is 9.25. The van der Waals surface area contributed by atoms with Gasteiger partial charge < -0.3 is 19.7 Å². The number of hydrogen-bond donors (Lipinski definition) is 1. The van der Waals surface area contributed by atoms with E-state index in [1.807, 2.05) is 37.3 Å². The zero-order valence-electron chi connectivity index (χ0n) is 15.9. The van der Waals surface area contributed by atoms with Gasteiger partial charge in [-0.15, -0.1) is 0 Å². The summed E-state index contributed by atoms with van der Waals surface area (Å²) in [6, 6.07) is 9.57. The Kier molecular flexibility index (Phi) is 6.15. The minimum Gasteiger partial charge on any atom is -0.497 e. The smallest absolute Gasteiger partial charge is 0.227 e. The number of methoxy groups -OCH3 is 1. The number of aryl methyl sites for hydroxylation is 1. The summed E-state index contributed by atoms with van der Waals surface area (Å²) >= 11 is 0. The van der Waals surface area contributed by atoms with Crippen LogP contribution in [0.1, 0.15) is 25.5 Å². The molecule has 0 saturated carbocycles. The lowest BCUT2D eigenvalue weighted by Crippen LogP contribution is -2.35. The Bertz CT molecular complexity index is 705. The first-order valence-electron chi connectivity index (χ1n) is 9.25. The SMILES string of the molecule is COc1ccc(OCCNc2cc(C)nc(N3CCCC(C)C3)n2)cc1. The van der Waals surface area contributed by atoms with Crippen molar-refractivity contribution in [2.24, 2.45) is 5.92 Å². The third-order valence-corrected chi connectivity index (χ3v) is 4.52. The minimum absolute atomic E-state index is 0.561.